The van der Waals surface area contributed by atoms with Gasteiger partial charge in [0.2, 0.25) is 0 Å². The second-order valence-corrected chi connectivity index (χ2v) is 5.56. The summed E-state index contributed by atoms with van der Waals surface area (Å²) in [5, 5.41) is 2.89. The Morgan fingerprint density at radius 3 is 2.68 bits per heavy atom. The van der Waals surface area contributed by atoms with Crippen LogP contribution in [-0.4, -0.2) is 10.9 Å². The van der Waals surface area contributed by atoms with Crippen LogP contribution in [-0.2, 0) is 0 Å². The molecule has 0 saturated heterocycles. The Kier molecular flexibility index (Phi) is 5.08. The van der Waals surface area contributed by atoms with Crippen LogP contribution in [0, 0.1) is 17.7 Å². The number of nitrogens with one attached hydrogen (secondary N) is 1. The Labute approximate surface area is 149 Å². The van der Waals surface area contributed by atoms with E-state index in [1.54, 1.807) is 24.4 Å². The Bertz CT molecular complexity index is 978. The van der Waals surface area contributed by atoms with Crippen LogP contribution in [0.4, 0.5) is 10.1 Å². The molecule has 5 heteroatoms. The number of amides is 1. The number of nitrogens with zero attached hydrogens (tertiary/aromatic N) is 1. The van der Waals surface area contributed by atoms with Gasteiger partial charge in [0, 0.05) is 22.5 Å². The molecule has 0 fully saturated rings. The molecule has 3 rings (SSSR count). The van der Waals surface area contributed by atoms with Gasteiger partial charge < -0.3 is 5.32 Å². The third-order valence-electron chi connectivity index (χ3n) is 3.30. The number of anilines is 1. The molecular weight excluding hydrogens is 339 g/mol. The van der Waals surface area contributed by atoms with Gasteiger partial charge in [-0.25, -0.2) is 9.37 Å². The van der Waals surface area contributed by atoms with Crippen molar-refractivity contribution in [3.63, 3.8) is 0 Å². The summed E-state index contributed by atoms with van der Waals surface area (Å²) >= 11 is 5.70. The molecule has 1 heterocycles. The summed E-state index contributed by atoms with van der Waals surface area (Å²) in [7, 11) is 0. The molecule has 0 bridgehead atoms. The van der Waals surface area contributed by atoms with Crippen LogP contribution in [0.15, 0.2) is 66.9 Å². The van der Waals surface area contributed by atoms with E-state index in [1.165, 1.54) is 12.1 Å². The van der Waals surface area contributed by atoms with Gasteiger partial charge in [0.05, 0.1) is 5.56 Å². The summed E-state index contributed by atoms with van der Waals surface area (Å²) in [6.45, 7) is 0. The Balaban J connectivity index is 1.78. The topological polar surface area (TPSA) is 42.0 Å². The summed E-state index contributed by atoms with van der Waals surface area (Å²) in [4.78, 5) is 16.3. The summed E-state index contributed by atoms with van der Waals surface area (Å²) < 4.78 is 13.8. The molecule has 0 saturated carbocycles. The molecule has 1 N–H and O–H groups in total. The van der Waals surface area contributed by atoms with Crippen molar-refractivity contribution in [3.05, 3.63) is 94.5 Å². The first-order chi connectivity index (χ1) is 12.1. The van der Waals surface area contributed by atoms with Crippen LogP contribution in [0.1, 0.15) is 21.6 Å². The normalized spacial score (nSPS) is 9.84. The second kappa shape index (κ2) is 7.61. The van der Waals surface area contributed by atoms with E-state index in [0.29, 0.717) is 16.9 Å². The highest BCUT2D eigenvalue weighted by Crippen LogP contribution is 2.17. The van der Waals surface area contributed by atoms with E-state index in [0.717, 1.165) is 6.07 Å². The molecular formula is C20H12ClFN2O. The Morgan fingerprint density at radius 1 is 1.04 bits per heavy atom. The van der Waals surface area contributed by atoms with Crippen LogP contribution in [0.2, 0.25) is 5.02 Å². The predicted molar refractivity (Wildman–Crippen MR) is 96.0 cm³/mol. The zero-order chi connectivity index (χ0) is 17.6. The monoisotopic (exact) mass is 350 g/mol. The van der Waals surface area contributed by atoms with Crippen LogP contribution in [0.3, 0.4) is 0 Å². The van der Waals surface area contributed by atoms with E-state index >= 15 is 0 Å². The molecule has 25 heavy (non-hydrogen) atoms. The quantitative estimate of drug-likeness (QED) is 0.690. The number of hydrogen-bond donors (Lipinski definition) is 1. The summed E-state index contributed by atoms with van der Waals surface area (Å²) in [5.74, 6) is 4.70. The van der Waals surface area contributed by atoms with E-state index in [-0.39, 0.29) is 10.6 Å². The van der Waals surface area contributed by atoms with E-state index in [4.69, 9.17) is 11.6 Å². The number of pyridine rings is 1. The van der Waals surface area contributed by atoms with Gasteiger partial charge in [0.25, 0.3) is 5.91 Å². The molecule has 0 unspecified atom stereocenters. The molecule has 3 aromatic rings. The largest absolute Gasteiger partial charge is 0.322 e. The number of hydrogen-bond acceptors (Lipinski definition) is 2. The van der Waals surface area contributed by atoms with Crippen molar-refractivity contribution in [2.45, 2.75) is 0 Å². The van der Waals surface area contributed by atoms with Gasteiger partial charge in [0.15, 0.2) is 0 Å². The fourth-order valence-electron chi connectivity index (χ4n) is 2.12. The van der Waals surface area contributed by atoms with Crippen LogP contribution in [0.5, 0.6) is 0 Å². The van der Waals surface area contributed by atoms with Crippen molar-refractivity contribution in [1.29, 1.82) is 0 Å². The second-order valence-electron chi connectivity index (χ2n) is 5.12. The lowest BCUT2D eigenvalue weighted by atomic mass is 10.1. The van der Waals surface area contributed by atoms with Gasteiger partial charge in [-0.3, -0.25) is 4.79 Å². The Morgan fingerprint density at radius 2 is 1.92 bits per heavy atom. The van der Waals surface area contributed by atoms with Crippen molar-refractivity contribution >= 4 is 23.2 Å². The minimum absolute atomic E-state index is 0.0747. The highest BCUT2D eigenvalue weighted by Gasteiger charge is 2.12. The molecule has 0 spiro atoms. The predicted octanol–water partition coefficient (Wildman–Crippen LogP) is 4.53. The Hall–Kier alpha value is -3.16. The molecule has 3 nitrogen and oxygen atoms in total. The van der Waals surface area contributed by atoms with Gasteiger partial charge in [-0.2, -0.15) is 0 Å². The first-order valence-corrected chi connectivity index (χ1v) is 7.79. The first-order valence-electron chi connectivity index (χ1n) is 7.41. The minimum atomic E-state index is -0.670. The van der Waals surface area contributed by atoms with Gasteiger partial charge in [0.1, 0.15) is 11.5 Å². The third-order valence-corrected chi connectivity index (χ3v) is 3.53. The number of aromatic nitrogens is 1. The third kappa shape index (κ3) is 4.43. The lowest BCUT2D eigenvalue weighted by Gasteiger charge is -2.06. The van der Waals surface area contributed by atoms with Crippen molar-refractivity contribution in [2.75, 3.05) is 5.32 Å². The smallest absolute Gasteiger partial charge is 0.258 e. The highest BCUT2D eigenvalue weighted by molar-refractivity contribution is 6.30. The van der Waals surface area contributed by atoms with Crippen molar-refractivity contribution in [3.8, 4) is 11.8 Å². The lowest BCUT2D eigenvalue weighted by Crippen LogP contribution is -2.13. The number of benzene rings is 2. The van der Waals surface area contributed by atoms with E-state index in [1.807, 2.05) is 24.3 Å². The van der Waals surface area contributed by atoms with Crippen molar-refractivity contribution in [1.82, 2.24) is 4.98 Å². The molecule has 2 aromatic carbocycles. The summed E-state index contributed by atoms with van der Waals surface area (Å²) in [5.41, 5.74) is 1.81. The maximum Gasteiger partial charge on any atom is 0.258 e. The number of rotatable bonds is 2. The average Bonchev–Trinajstić information content (AvgIpc) is 2.61. The zero-order valence-corrected chi connectivity index (χ0v) is 13.7. The van der Waals surface area contributed by atoms with E-state index in [9.17, 15) is 9.18 Å². The standard InChI is InChI=1S/C20H12ClFN2O/c21-15-8-10-18(19(22)13-15)20(25)24-17-6-3-4-14(12-17)7-9-16-5-1-2-11-23-16/h1-6,8,10-13H,(H,24,25). The fourth-order valence-corrected chi connectivity index (χ4v) is 2.28. The number of halogens is 2. The molecule has 0 aliphatic rings. The molecule has 0 radical (unpaired) electrons. The fraction of sp³-hybridized carbons (Fsp3) is 0. The van der Waals surface area contributed by atoms with Crippen molar-refractivity contribution < 1.29 is 9.18 Å². The van der Waals surface area contributed by atoms with Crippen LogP contribution < -0.4 is 5.32 Å². The van der Waals surface area contributed by atoms with Gasteiger partial charge in [-0.1, -0.05) is 29.7 Å². The summed E-state index contributed by atoms with van der Waals surface area (Å²) in [6.07, 6.45) is 1.67. The SMILES string of the molecule is O=C(Nc1cccc(C#Cc2ccccn2)c1)c1ccc(Cl)cc1F. The highest BCUT2D eigenvalue weighted by atomic mass is 35.5. The van der Waals surface area contributed by atoms with Gasteiger partial charge in [-0.05, 0) is 54.5 Å². The average molecular weight is 351 g/mol. The minimum Gasteiger partial charge on any atom is -0.322 e. The maximum atomic E-state index is 13.8. The van der Waals surface area contributed by atoms with Crippen LogP contribution >= 0.6 is 11.6 Å². The molecule has 122 valence electrons. The molecule has 0 aliphatic heterocycles. The van der Waals surface area contributed by atoms with Crippen molar-refractivity contribution in [2.24, 2.45) is 0 Å². The maximum absolute atomic E-state index is 13.8. The molecule has 0 atom stereocenters. The zero-order valence-electron chi connectivity index (χ0n) is 13.0. The van der Waals surface area contributed by atoms with Gasteiger partial charge >= 0.3 is 0 Å². The molecule has 1 amide bonds. The number of carbonyl (C=O) groups excluding carboxylic acids is 1. The van der Waals surface area contributed by atoms with E-state index < -0.39 is 11.7 Å². The summed E-state index contributed by atoms with van der Waals surface area (Å²) in [6, 6.07) is 16.4. The van der Waals surface area contributed by atoms with E-state index in [2.05, 4.69) is 22.1 Å². The first kappa shape index (κ1) is 16.7. The lowest BCUT2D eigenvalue weighted by molar-refractivity contribution is 0.102. The number of carbonyl (C=O) groups is 1. The molecule has 1 aromatic heterocycles. The van der Waals surface area contributed by atoms with Crippen LogP contribution in [0.25, 0.3) is 0 Å². The van der Waals surface area contributed by atoms with Gasteiger partial charge in [-0.15, -0.1) is 0 Å². The molecule has 0 aliphatic carbocycles.